The monoisotopic (exact) mass is 278 g/mol. The molecular formula is C9H8FIO. The summed E-state index contributed by atoms with van der Waals surface area (Å²) in [4.78, 5) is 0. The molecule has 1 nitrogen and oxygen atoms in total. The van der Waals surface area contributed by atoms with Crippen molar-refractivity contribution in [1.82, 2.24) is 0 Å². The Morgan fingerprint density at radius 3 is 2.67 bits per heavy atom. The quantitative estimate of drug-likeness (QED) is 0.717. The van der Waals surface area contributed by atoms with Crippen molar-refractivity contribution in [2.45, 2.75) is 5.67 Å². The minimum atomic E-state index is -1.22. The number of hydrogen-bond acceptors (Lipinski definition) is 1. The van der Waals surface area contributed by atoms with Crippen LogP contribution in [0.25, 0.3) is 0 Å². The maximum atomic E-state index is 13.7. The van der Waals surface area contributed by atoms with Gasteiger partial charge in [-0.05, 0) is 40.3 Å². The zero-order valence-electron chi connectivity index (χ0n) is 6.39. The van der Waals surface area contributed by atoms with Crippen LogP contribution >= 0.6 is 22.6 Å². The van der Waals surface area contributed by atoms with E-state index in [1.54, 1.807) is 0 Å². The molecule has 64 valence electrons. The highest BCUT2D eigenvalue weighted by Gasteiger charge is 2.40. The molecule has 0 aliphatic carbocycles. The predicted octanol–water partition coefficient (Wildman–Crippen LogP) is 2.49. The molecule has 2 rings (SSSR count). The van der Waals surface area contributed by atoms with Crippen molar-refractivity contribution in [2.75, 3.05) is 13.2 Å². The Balaban J connectivity index is 2.33. The van der Waals surface area contributed by atoms with E-state index in [9.17, 15) is 4.39 Å². The molecule has 0 atom stereocenters. The van der Waals surface area contributed by atoms with Gasteiger partial charge in [-0.15, -0.1) is 0 Å². The third kappa shape index (κ3) is 1.35. The van der Waals surface area contributed by atoms with Gasteiger partial charge in [0.1, 0.15) is 0 Å². The molecule has 0 bridgehead atoms. The van der Waals surface area contributed by atoms with Gasteiger partial charge in [-0.3, -0.25) is 0 Å². The minimum absolute atomic E-state index is 0.201. The molecule has 1 aromatic carbocycles. The first-order valence-corrected chi connectivity index (χ1v) is 4.81. The highest BCUT2D eigenvalue weighted by Crippen LogP contribution is 2.34. The molecule has 0 radical (unpaired) electrons. The molecule has 0 saturated carbocycles. The zero-order valence-corrected chi connectivity index (χ0v) is 8.55. The number of ether oxygens (including phenoxy) is 1. The standard InChI is InChI=1S/C9H8FIO/c10-9(5-12-6-9)7-2-1-3-8(11)4-7/h1-4H,5-6H2. The lowest BCUT2D eigenvalue weighted by molar-refractivity contribution is -0.135. The Labute approximate surface area is 84.1 Å². The van der Waals surface area contributed by atoms with Gasteiger partial charge in [0.05, 0.1) is 13.2 Å². The molecule has 0 spiro atoms. The summed E-state index contributed by atoms with van der Waals surface area (Å²) in [5.74, 6) is 0. The lowest BCUT2D eigenvalue weighted by Crippen LogP contribution is -2.42. The van der Waals surface area contributed by atoms with E-state index < -0.39 is 5.67 Å². The molecule has 0 aromatic heterocycles. The summed E-state index contributed by atoms with van der Waals surface area (Å²) in [6.07, 6.45) is 0. The molecule has 1 aliphatic heterocycles. The molecule has 1 saturated heterocycles. The average Bonchev–Trinajstić information content (AvgIpc) is 2.00. The van der Waals surface area contributed by atoms with Crippen molar-refractivity contribution < 1.29 is 9.13 Å². The first-order chi connectivity index (χ1) is 5.71. The minimum Gasteiger partial charge on any atom is -0.374 e. The fourth-order valence-electron chi connectivity index (χ4n) is 1.22. The van der Waals surface area contributed by atoms with Gasteiger partial charge in [0.2, 0.25) is 0 Å². The molecule has 1 fully saturated rings. The number of hydrogen-bond donors (Lipinski definition) is 0. The molecule has 0 amide bonds. The molecular weight excluding hydrogens is 270 g/mol. The molecule has 12 heavy (non-hydrogen) atoms. The smallest absolute Gasteiger partial charge is 0.182 e. The Morgan fingerprint density at radius 2 is 2.17 bits per heavy atom. The van der Waals surface area contributed by atoms with E-state index in [4.69, 9.17) is 4.74 Å². The molecule has 0 N–H and O–H groups in total. The van der Waals surface area contributed by atoms with E-state index in [-0.39, 0.29) is 13.2 Å². The van der Waals surface area contributed by atoms with Crippen LogP contribution in [0, 0.1) is 3.57 Å². The SMILES string of the molecule is FC1(c2cccc(I)c2)COC1. The summed E-state index contributed by atoms with van der Waals surface area (Å²) in [7, 11) is 0. The van der Waals surface area contributed by atoms with Crippen LogP contribution in [0.1, 0.15) is 5.56 Å². The van der Waals surface area contributed by atoms with Crippen LogP contribution in [-0.4, -0.2) is 13.2 Å². The largest absolute Gasteiger partial charge is 0.374 e. The van der Waals surface area contributed by atoms with Gasteiger partial charge in [-0.2, -0.15) is 0 Å². The highest BCUT2D eigenvalue weighted by molar-refractivity contribution is 14.1. The second-order valence-corrected chi connectivity index (χ2v) is 4.21. The Kier molecular flexibility index (Phi) is 2.08. The summed E-state index contributed by atoms with van der Waals surface area (Å²) < 4.78 is 19.6. The van der Waals surface area contributed by atoms with Crippen LogP contribution in [0.4, 0.5) is 4.39 Å². The van der Waals surface area contributed by atoms with E-state index in [0.29, 0.717) is 0 Å². The van der Waals surface area contributed by atoms with E-state index in [1.165, 1.54) is 0 Å². The highest BCUT2D eigenvalue weighted by atomic mass is 127. The maximum Gasteiger partial charge on any atom is 0.182 e. The van der Waals surface area contributed by atoms with Crippen molar-refractivity contribution in [3.8, 4) is 0 Å². The summed E-state index contributed by atoms with van der Waals surface area (Å²) in [5, 5.41) is 0. The van der Waals surface area contributed by atoms with Crippen LogP contribution in [0.5, 0.6) is 0 Å². The Hall–Kier alpha value is -0.160. The van der Waals surface area contributed by atoms with Crippen LogP contribution in [0.3, 0.4) is 0 Å². The van der Waals surface area contributed by atoms with Gasteiger partial charge in [-0.1, -0.05) is 12.1 Å². The van der Waals surface area contributed by atoms with E-state index in [2.05, 4.69) is 22.6 Å². The third-order valence-corrected chi connectivity index (χ3v) is 2.67. The van der Waals surface area contributed by atoms with E-state index in [1.807, 2.05) is 24.3 Å². The lowest BCUT2D eigenvalue weighted by atomic mass is 9.94. The van der Waals surface area contributed by atoms with Crippen LogP contribution in [0.15, 0.2) is 24.3 Å². The van der Waals surface area contributed by atoms with Crippen molar-refractivity contribution >= 4 is 22.6 Å². The van der Waals surface area contributed by atoms with Crippen LogP contribution in [0.2, 0.25) is 0 Å². The second kappa shape index (κ2) is 2.96. The summed E-state index contributed by atoms with van der Waals surface area (Å²) in [6, 6.07) is 7.50. The van der Waals surface area contributed by atoms with Gasteiger partial charge >= 0.3 is 0 Å². The average molecular weight is 278 g/mol. The second-order valence-electron chi connectivity index (χ2n) is 2.97. The number of benzene rings is 1. The Morgan fingerprint density at radius 1 is 1.42 bits per heavy atom. The summed E-state index contributed by atoms with van der Waals surface area (Å²) in [5.41, 5.74) is -0.484. The predicted molar refractivity (Wildman–Crippen MR) is 52.8 cm³/mol. The summed E-state index contributed by atoms with van der Waals surface area (Å²) >= 11 is 2.18. The Bertz CT molecular complexity index is 296. The van der Waals surface area contributed by atoms with Crippen molar-refractivity contribution in [3.63, 3.8) is 0 Å². The van der Waals surface area contributed by atoms with Gasteiger partial charge in [-0.25, -0.2) is 4.39 Å². The normalized spacial score (nSPS) is 20.2. The topological polar surface area (TPSA) is 9.23 Å². The fourth-order valence-corrected chi connectivity index (χ4v) is 1.76. The molecule has 0 unspecified atom stereocenters. The van der Waals surface area contributed by atoms with E-state index in [0.717, 1.165) is 9.13 Å². The van der Waals surface area contributed by atoms with E-state index >= 15 is 0 Å². The number of alkyl halides is 1. The van der Waals surface area contributed by atoms with Crippen molar-refractivity contribution in [3.05, 3.63) is 33.4 Å². The van der Waals surface area contributed by atoms with Gasteiger partial charge in [0.15, 0.2) is 5.67 Å². The lowest BCUT2D eigenvalue weighted by Gasteiger charge is -2.34. The first kappa shape index (κ1) is 8.44. The fraction of sp³-hybridized carbons (Fsp3) is 0.333. The van der Waals surface area contributed by atoms with Crippen molar-refractivity contribution in [1.29, 1.82) is 0 Å². The van der Waals surface area contributed by atoms with Crippen LogP contribution < -0.4 is 0 Å². The summed E-state index contributed by atoms with van der Waals surface area (Å²) in [6.45, 7) is 0.403. The maximum absolute atomic E-state index is 13.7. The van der Waals surface area contributed by atoms with Crippen LogP contribution in [-0.2, 0) is 10.4 Å². The van der Waals surface area contributed by atoms with Gasteiger partial charge < -0.3 is 4.74 Å². The molecule has 3 heteroatoms. The zero-order chi connectivity index (χ0) is 8.60. The van der Waals surface area contributed by atoms with Gasteiger partial charge in [0.25, 0.3) is 0 Å². The molecule has 1 aromatic rings. The van der Waals surface area contributed by atoms with Gasteiger partial charge in [0, 0.05) is 3.57 Å². The number of rotatable bonds is 1. The molecule has 1 aliphatic rings. The molecule has 1 heterocycles. The number of halogens is 2. The third-order valence-electron chi connectivity index (χ3n) is 2.00. The first-order valence-electron chi connectivity index (χ1n) is 3.73. The van der Waals surface area contributed by atoms with Crippen molar-refractivity contribution in [2.24, 2.45) is 0 Å².